The van der Waals surface area contributed by atoms with E-state index in [0.29, 0.717) is 11.7 Å². The maximum atomic E-state index is 12.2. The van der Waals surface area contributed by atoms with E-state index in [1.165, 1.54) is 30.2 Å². The smallest absolute Gasteiger partial charge is 0.233 e. The van der Waals surface area contributed by atoms with Crippen LogP contribution in [-0.2, 0) is 11.3 Å². The van der Waals surface area contributed by atoms with Gasteiger partial charge in [0.1, 0.15) is 5.82 Å². The van der Waals surface area contributed by atoms with Crippen molar-refractivity contribution >= 4 is 17.7 Å². The molecule has 1 aromatic heterocycles. The highest BCUT2D eigenvalue weighted by Crippen LogP contribution is 2.40. The molecule has 1 aliphatic carbocycles. The van der Waals surface area contributed by atoms with Crippen LogP contribution in [0.5, 0.6) is 0 Å². The van der Waals surface area contributed by atoms with Crippen molar-refractivity contribution in [2.75, 3.05) is 18.8 Å². The van der Waals surface area contributed by atoms with Gasteiger partial charge in [-0.3, -0.25) is 4.79 Å². The molecule has 1 aromatic carbocycles. The number of carbonyl (C=O) groups excluding carboxylic acids is 1. The standard InChI is InChI=1S/C18H24N4OS/c1-3-21(4-2)16(23)13-24-18-20-19-17(15-10-11-15)22(18)12-14-8-6-5-7-9-14/h5-9,15H,3-4,10-13H2,1-2H3. The fourth-order valence-electron chi connectivity index (χ4n) is 2.76. The van der Waals surface area contributed by atoms with Crippen molar-refractivity contribution < 1.29 is 4.79 Å². The molecular formula is C18H24N4OS. The Kier molecular flexibility index (Phi) is 5.56. The summed E-state index contributed by atoms with van der Waals surface area (Å²) in [5, 5.41) is 9.61. The number of rotatable bonds is 8. The number of amides is 1. The average molecular weight is 344 g/mol. The van der Waals surface area contributed by atoms with E-state index in [1.807, 2.05) is 36.9 Å². The van der Waals surface area contributed by atoms with Gasteiger partial charge in [-0.05, 0) is 32.3 Å². The number of nitrogens with zero attached hydrogens (tertiary/aromatic N) is 4. The summed E-state index contributed by atoms with van der Waals surface area (Å²) in [6.45, 7) is 6.28. The van der Waals surface area contributed by atoms with Crippen molar-refractivity contribution in [2.24, 2.45) is 0 Å². The SMILES string of the molecule is CCN(CC)C(=O)CSc1nnc(C2CC2)n1Cc1ccccc1. The molecule has 1 saturated carbocycles. The van der Waals surface area contributed by atoms with Crippen LogP contribution in [0.25, 0.3) is 0 Å². The molecular weight excluding hydrogens is 320 g/mol. The van der Waals surface area contributed by atoms with Crippen molar-refractivity contribution in [1.29, 1.82) is 0 Å². The first kappa shape index (κ1) is 17.0. The van der Waals surface area contributed by atoms with Gasteiger partial charge in [-0.2, -0.15) is 0 Å². The van der Waals surface area contributed by atoms with Gasteiger partial charge in [0, 0.05) is 19.0 Å². The van der Waals surface area contributed by atoms with Gasteiger partial charge < -0.3 is 9.47 Å². The first-order chi connectivity index (χ1) is 11.7. The molecule has 3 rings (SSSR count). The summed E-state index contributed by atoms with van der Waals surface area (Å²) in [6.07, 6.45) is 2.38. The number of hydrogen-bond donors (Lipinski definition) is 0. The Morgan fingerprint density at radius 3 is 2.54 bits per heavy atom. The fourth-order valence-corrected chi connectivity index (χ4v) is 3.61. The normalized spacial score (nSPS) is 13.9. The summed E-state index contributed by atoms with van der Waals surface area (Å²) in [5.41, 5.74) is 1.23. The zero-order valence-corrected chi connectivity index (χ0v) is 15.1. The lowest BCUT2D eigenvalue weighted by atomic mass is 10.2. The first-order valence-corrected chi connectivity index (χ1v) is 9.59. The fraction of sp³-hybridized carbons (Fsp3) is 0.500. The Hall–Kier alpha value is -1.82. The van der Waals surface area contributed by atoms with Gasteiger partial charge >= 0.3 is 0 Å². The van der Waals surface area contributed by atoms with E-state index in [9.17, 15) is 4.79 Å². The number of thioether (sulfide) groups is 1. The number of carbonyl (C=O) groups is 1. The predicted molar refractivity (Wildman–Crippen MR) is 96.2 cm³/mol. The molecule has 5 nitrogen and oxygen atoms in total. The van der Waals surface area contributed by atoms with E-state index in [1.54, 1.807) is 0 Å². The third-order valence-corrected chi connectivity index (χ3v) is 5.26. The molecule has 6 heteroatoms. The molecule has 24 heavy (non-hydrogen) atoms. The van der Waals surface area contributed by atoms with E-state index < -0.39 is 0 Å². The molecule has 128 valence electrons. The summed E-state index contributed by atoms with van der Waals surface area (Å²) in [5.74, 6) is 2.18. The lowest BCUT2D eigenvalue weighted by Crippen LogP contribution is -2.32. The van der Waals surface area contributed by atoms with Crippen molar-refractivity contribution in [3.8, 4) is 0 Å². The lowest BCUT2D eigenvalue weighted by molar-refractivity contribution is -0.127. The molecule has 0 atom stereocenters. The molecule has 2 aromatic rings. The molecule has 0 unspecified atom stereocenters. The third-order valence-electron chi connectivity index (χ3n) is 4.31. The van der Waals surface area contributed by atoms with E-state index in [0.717, 1.165) is 30.6 Å². The molecule has 1 heterocycles. The Bertz CT molecular complexity index is 678. The highest BCUT2D eigenvalue weighted by Gasteiger charge is 2.30. The Morgan fingerprint density at radius 2 is 1.92 bits per heavy atom. The van der Waals surface area contributed by atoms with Crippen LogP contribution in [0.3, 0.4) is 0 Å². The maximum absolute atomic E-state index is 12.2. The van der Waals surface area contributed by atoms with Crippen molar-refractivity contribution in [3.05, 3.63) is 41.7 Å². The monoisotopic (exact) mass is 344 g/mol. The van der Waals surface area contributed by atoms with Gasteiger partial charge in [-0.15, -0.1) is 10.2 Å². The van der Waals surface area contributed by atoms with Gasteiger partial charge in [0.25, 0.3) is 0 Å². The molecule has 0 N–H and O–H groups in total. The van der Waals surface area contributed by atoms with E-state index in [-0.39, 0.29) is 5.91 Å². The Morgan fingerprint density at radius 1 is 1.21 bits per heavy atom. The minimum Gasteiger partial charge on any atom is -0.343 e. The zero-order valence-electron chi connectivity index (χ0n) is 14.3. The van der Waals surface area contributed by atoms with Gasteiger partial charge in [0.15, 0.2) is 5.16 Å². The topological polar surface area (TPSA) is 51.0 Å². The minimum atomic E-state index is 0.159. The maximum Gasteiger partial charge on any atom is 0.233 e. The third kappa shape index (κ3) is 3.98. The average Bonchev–Trinajstić information content (AvgIpc) is 3.37. The molecule has 0 radical (unpaired) electrons. The lowest BCUT2D eigenvalue weighted by Gasteiger charge is -2.18. The van der Waals surface area contributed by atoms with Crippen LogP contribution in [0.4, 0.5) is 0 Å². The molecule has 1 aliphatic rings. The second-order valence-electron chi connectivity index (χ2n) is 6.04. The first-order valence-electron chi connectivity index (χ1n) is 8.60. The van der Waals surface area contributed by atoms with Crippen LogP contribution in [0.1, 0.15) is 44.0 Å². The molecule has 1 fully saturated rings. The molecule has 0 bridgehead atoms. The minimum absolute atomic E-state index is 0.159. The molecule has 0 aliphatic heterocycles. The van der Waals surface area contributed by atoms with Gasteiger partial charge in [-0.25, -0.2) is 0 Å². The van der Waals surface area contributed by atoms with Crippen molar-refractivity contribution in [3.63, 3.8) is 0 Å². The highest BCUT2D eigenvalue weighted by atomic mass is 32.2. The second-order valence-corrected chi connectivity index (χ2v) is 6.98. The number of hydrogen-bond acceptors (Lipinski definition) is 4. The largest absolute Gasteiger partial charge is 0.343 e. The van der Waals surface area contributed by atoms with Gasteiger partial charge in [0.05, 0.1) is 12.3 Å². The quantitative estimate of drug-likeness (QED) is 0.690. The summed E-state index contributed by atoms with van der Waals surface area (Å²) in [7, 11) is 0. The van der Waals surface area contributed by atoms with Crippen molar-refractivity contribution in [1.82, 2.24) is 19.7 Å². The molecule has 0 spiro atoms. The molecule has 1 amide bonds. The molecule has 0 saturated heterocycles. The van der Waals surface area contributed by atoms with E-state index >= 15 is 0 Å². The van der Waals surface area contributed by atoms with Crippen LogP contribution >= 0.6 is 11.8 Å². The Balaban J connectivity index is 1.74. The van der Waals surface area contributed by atoms with Gasteiger partial charge in [0.2, 0.25) is 5.91 Å². The zero-order chi connectivity index (χ0) is 16.9. The summed E-state index contributed by atoms with van der Waals surface area (Å²) in [6, 6.07) is 10.4. The van der Waals surface area contributed by atoms with E-state index in [2.05, 4.69) is 26.9 Å². The number of benzene rings is 1. The van der Waals surface area contributed by atoms with Crippen LogP contribution < -0.4 is 0 Å². The van der Waals surface area contributed by atoms with Crippen LogP contribution in [0.15, 0.2) is 35.5 Å². The van der Waals surface area contributed by atoms with Crippen LogP contribution in [-0.4, -0.2) is 44.4 Å². The van der Waals surface area contributed by atoms with Gasteiger partial charge in [-0.1, -0.05) is 42.1 Å². The highest BCUT2D eigenvalue weighted by molar-refractivity contribution is 7.99. The predicted octanol–water partition coefficient (Wildman–Crippen LogP) is 3.16. The van der Waals surface area contributed by atoms with Crippen molar-refractivity contribution in [2.45, 2.75) is 44.3 Å². The summed E-state index contributed by atoms with van der Waals surface area (Å²) in [4.78, 5) is 14.1. The van der Waals surface area contributed by atoms with Crippen LogP contribution in [0.2, 0.25) is 0 Å². The number of aromatic nitrogens is 3. The summed E-state index contributed by atoms with van der Waals surface area (Å²) < 4.78 is 2.19. The Labute approximate surface area is 147 Å². The second kappa shape index (κ2) is 7.83. The van der Waals surface area contributed by atoms with E-state index in [4.69, 9.17) is 0 Å². The van der Waals surface area contributed by atoms with Crippen LogP contribution in [0, 0.1) is 0 Å². The summed E-state index contributed by atoms with van der Waals surface area (Å²) >= 11 is 1.50.